The third-order valence-electron chi connectivity index (χ3n) is 3.32. The first-order chi connectivity index (χ1) is 13.2. The SMILES string of the molecule is CC(=O)Nc1cccc(N/C=C(/C#N)C(=O)Nc2cccc(S(=O)(=O)O)c2)c1. The lowest BCUT2D eigenvalue weighted by atomic mass is 10.2. The zero-order chi connectivity index (χ0) is 20.7. The van der Waals surface area contributed by atoms with Gasteiger partial charge in [0.25, 0.3) is 16.0 Å². The molecule has 10 heteroatoms. The molecule has 0 atom stereocenters. The first-order valence-electron chi connectivity index (χ1n) is 7.82. The van der Waals surface area contributed by atoms with E-state index in [9.17, 15) is 23.3 Å². The zero-order valence-electron chi connectivity index (χ0n) is 14.6. The van der Waals surface area contributed by atoms with E-state index >= 15 is 0 Å². The van der Waals surface area contributed by atoms with Crippen LogP contribution >= 0.6 is 0 Å². The number of nitrogens with zero attached hydrogens (tertiary/aromatic N) is 1. The maximum Gasteiger partial charge on any atom is 0.294 e. The lowest BCUT2D eigenvalue weighted by molar-refractivity contribution is -0.114. The maximum absolute atomic E-state index is 12.2. The second-order valence-corrected chi connectivity index (χ2v) is 6.95. The molecule has 9 nitrogen and oxygen atoms in total. The van der Waals surface area contributed by atoms with Crippen LogP contribution in [0.5, 0.6) is 0 Å². The summed E-state index contributed by atoms with van der Waals surface area (Å²) in [6.45, 7) is 1.37. The van der Waals surface area contributed by atoms with Crippen LogP contribution in [0.3, 0.4) is 0 Å². The molecule has 0 radical (unpaired) electrons. The largest absolute Gasteiger partial charge is 0.360 e. The Balaban J connectivity index is 2.14. The molecule has 0 aliphatic heterocycles. The van der Waals surface area contributed by atoms with Gasteiger partial charge in [-0.25, -0.2) is 0 Å². The highest BCUT2D eigenvalue weighted by Crippen LogP contribution is 2.17. The molecule has 2 rings (SSSR count). The molecule has 0 aliphatic carbocycles. The predicted octanol–water partition coefficient (Wildman–Crippen LogP) is 2.35. The number of carbonyl (C=O) groups is 2. The van der Waals surface area contributed by atoms with Gasteiger partial charge in [-0.1, -0.05) is 12.1 Å². The first kappa shape index (κ1) is 20.6. The van der Waals surface area contributed by atoms with Gasteiger partial charge in [0.15, 0.2) is 0 Å². The molecule has 144 valence electrons. The van der Waals surface area contributed by atoms with Gasteiger partial charge < -0.3 is 16.0 Å². The molecule has 2 aromatic rings. The van der Waals surface area contributed by atoms with Crippen molar-refractivity contribution in [2.75, 3.05) is 16.0 Å². The molecule has 0 saturated heterocycles. The summed E-state index contributed by atoms with van der Waals surface area (Å²) in [6, 6.07) is 13.3. The minimum Gasteiger partial charge on any atom is -0.360 e. The average molecular weight is 400 g/mol. The van der Waals surface area contributed by atoms with Crippen LogP contribution in [0.15, 0.2) is 65.2 Å². The molecule has 0 saturated carbocycles. The Morgan fingerprint density at radius 3 is 2.25 bits per heavy atom. The van der Waals surface area contributed by atoms with Crippen LogP contribution in [-0.2, 0) is 19.7 Å². The van der Waals surface area contributed by atoms with E-state index in [1.54, 1.807) is 30.3 Å². The normalized spacial score (nSPS) is 11.2. The van der Waals surface area contributed by atoms with Crippen molar-refractivity contribution < 1.29 is 22.6 Å². The fraction of sp³-hybridized carbons (Fsp3) is 0.0556. The summed E-state index contributed by atoms with van der Waals surface area (Å²) in [7, 11) is -4.42. The van der Waals surface area contributed by atoms with Crippen LogP contribution in [0.25, 0.3) is 0 Å². The molecule has 0 aromatic heterocycles. The summed E-state index contributed by atoms with van der Waals surface area (Å²) in [6.07, 6.45) is 1.18. The van der Waals surface area contributed by atoms with Crippen LogP contribution in [-0.4, -0.2) is 24.8 Å². The van der Waals surface area contributed by atoms with E-state index in [1.165, 1.54) is 25.3 Å². The highest BCUT2D eigenvalue weighted by Gasteiger charge is 2.13. The minimum atomic E-state index is -4.42. The van der Waals surface area contributed by atoms with E-state index < -0.39 is 16.0 Å². The monoisotopic (exact) mass is 400 g/mol. The van der Waals surface area contributed by atoms with Crippen LogP contribution in [0.1, 0.15) is 6.92 Å². The van der Waals surface area contributed by atoms with Crippen LogP contribution < -0.4 is 16.0 Å². The van der Waals surface area contributed by atoms with Crippen molar-refractivity contribution in [3.63, 3.8) is 0 Å². The second-order valence-electron chi connectivity index (χ2n) is 5.53. The Labute approximate surface area is 161 Å². The predicted molar refractivity (Wildman–Crippen MR) is 103 cm³/mol. The van der Waals surface area contributed by atoms with Crippen molar-refractivity contribution in [1.82, 2.24) is 0 Å². The lowest BCUT2D eigenvalue weighted by Gasteiger charge is -2.07. The van der Waals surface area contributed by atoms with Crippen molar-refractivity contribution in [3.8, 4) is 6.07 Å². The van der Waals surface area contributed by atoms with E-state index in [-0.39, 0.29) is 22.1 Å². The third kappa shape index (κ3) is 5.94. The zero-order valence-corrected chi connectivity index (χ0v) is 15.4. The van der Waals surface area contributed by atoms with E-state index in [4.69, 9.17) is 4.55 Å². The van der Waals surface area contributed by atoms with Gasteiger partial charge in [-0.3, -0.25) is 14.1 Å². The standard InChI is InChI=1S/C18H16N4O5S/c1-12(23)21-15-5-2-4-14(8-15)20-11-13(10-19)18(24)22-16-6-3-7-17(9-16)28(25,26)27/h2-9,11,20H,1H3,(H,21,23)(H,22,24)(H,25,26,27)/b13-11-. The van der Waals surface area contributed by atoms with E-state index in [1.807, 2.05) is 0 Å². The molecule has 0 heterocycles. The number of benzene rings is 2. The maximum atomic E-state index is 12.2. The summed E-state index contributed by atoms with van der Waals surface area (Å²) in [4.78, 5) is 22.9. The Morgan fingerprint density at radius 2 is 1.64 bits per heavy atom. The topological polar surface area (TPSA) is 148 Å². The van der Waals surface area contributed by atoms with Crippen molar-refractivity contribution in [1.29, 1.82) is 5.26 Å². The minimum absolute atomic E-state index is 0.0916. The molecule has 2 aromatic carbocycles. The van der Waals surface area contributed by atoms with Crippen LogP contribution in [0.2, 0.25) is 0 Å². The highest BCUT2D eigenvalue weighted by atomic mass is 32.2. The van der Waals surface area contributed by atoms with Crippen molar-refractivity contribution in [2.45, 2.75) is 11.8 Å². The molecule has 0 unspecified atom stereocenters. The molecule has 2 amide bonds. The number of nitriles is 1. The van der Waals surface area contributed by atoms with Gasteiger partial charge in [-0.2, -0.15) is 13.7 Å². The van der Waals surface area contributed by atoms with Crippen molar-refractivity contribution in [3.05, 3.63) is 60.3 Å². The van der Waals surface area contributed by atoms with Crippen LogP contribution in [0, 0.1) is 11.3 Å². The summed E-state index contributed by atoms with van der Waals surface area (Å²) in [5.41, 5.74) is 0.882. The van der Waals surface area contributed by atoms with Gasteiger partial charge in [-0.05, 0) is 36.4 Å². The molecule has 0 aliphatic rings. The van der Waals surface area contributed by atoms with Gasteiger partial charge in [0.1, 0.15) is 11.6 Å². The number of hydrogen-bond acceptors (Lipinski definition) is 6. The molecule has 4 N–H and O–H groups in total. The van der Waals surface area contributed by atoms with Gasteiger partial charge in [-0.15, -0.1) is 0 Å². The Morgan fingerprint density at radius 1 is 1.04 bits per heavy atom. The first-order valence-corrected chi connectivity index (χ1v) is 9.26. The summed E-state index contributed by atoms with van der Waals surface area (Å²) in [5, 5.41) is 17.0. The van der Waals surface area contributed by atoms with Crippen LogP contribution in [0.4, 0.5) is 17.1 Å². The number of amides is 2. The number of nitrogens with one attached hydrogen (secondary N) is 3. The fourth-order valence-electron chi connectivity index (χ4n) is 2.13. The Kier molecular flexibility index (Phi) is 6.49. The molecule has 28 heavy (non-hydrogen) atoms. The van der Waals surface area contributed by atoms with Gasteiger partial charge >= 0.3 is 0 Å². The molecule has 0 fully saturated rings. The molecule has 0 bridgehead atoms. The molecular weight excluding hydrogens is 384 g/mol. The van der Waals surface area contributed by atoms with E-state index in [2.05, 4.69) is 16.0 Å². The summed E-state index contributed by atoms with van der Waals surface area (Å²) < 4.78 is 31.4. The second kappa shape index (κ2) is 8.81. The number of carbonyl (C=O) groups excluding carboxylic acids is 2. The average Bonchev–Trinajstić information content (AvgIpc) is 2.61. The Bertz CT molecular complexity index is 1090. The molecule has 0 spiro atoms. The Hall–Kier alpha value is -3.68. The molecular formula is C18H16N4O5S. The fourth-order valence-corrected chi connectivity index (χ4v) is 2.65. The smallest absolute Gasteiger partial charge is 0.294 e. The van der Waals surface area contributed by atoms with Crippen molar-refractivity contribution >= 4 is 39.0 Å². The summed E-state index contributed by atoms with van der Waals surface area (Å²) >= 11 is 0. The number of anilines is 3. The van der Waals surface area contributed by atoms with E-state index in [0.717, 1.165) is 12.1 Å². The highest BCUT2D eigenvalue weighted by molar-refractivity contribution is 7.85. The van der Waals surface area contributed by atoms with E-state index in [0.29, 0.717) is 11.4 Å². The lowest BCUT2D eigenvalue weighted by Crippen LogP contribution is -2.15. The third-order valence-corrected chi connectivity index (χ3v) is 4.17. The summed E-state index contributed by atoms with van der Waals surface area (Å²) in [5.74, 6) is -1.02. The van der Waals surface area contributed by atoms with Gasteiger partial charge in [0.2, 0.25) is 5.91 Å². The number of rotatable bonds is 6. The van der Waals surface area contributed by atoms with Crippen molar-refractivity contribution in [2.24, 2.45) is 0 Å². The van der Waals surface area contributed by atoms with Gasteiger partial charge in [0.05, 0.1) is 4.90 Å². The van der Waals surface area contributed by atoms with Gasteiger partial charge in [0, 0.05) is 30.2 Å². The quantitative estimate of drug-likeness (QED) is 0.330. The number of hydrogen-bond donors (Lipinski definition) is 4.